The number of rotatable bonds is 8. The van der Waals surface area contributed by atoms with Gasteiger partial charge in [-0.25, -0.2) is 0 Å². The summed E-state index contributed by atoms with van der Waals surface area (Å²) in [4.78, 5) is 30.8. The van der Waals surface area contributed by atoms with Gasteiger partial charge in [0.15, 0.2) is 17.2 Å². The highest BCUT2D eigenvalue weighted by Gasteiger charge is 2.35. The Bertz CT molecular complexity index is 1440. The van der Waals surface area contributed by atoms with Crippen molar-refractivity contribution in [3.8, 4) is 17.2 Å². The minimum atomic E-state index is -0.390. The fraction of sp³-hybridized carbons (Fsp3) is 0.433. The van der Waals surface area contributed by atoms with Gasteiger partial charge in [-0.05, 0) is 56.8 Å². The highest BCUT2D eigenvalue weighted by atomic mass is 16.7. The molecule has 1 aromatic heterocycles. The second-order valence-corrected chi connectivity index (χ2v) is 10.9. The van der Waals surface area contributed by atoms with Crippen LogP contribution in [0.15, 0.2) is 42.5 Å². The highest BCUT2D eigenvalue weighted by Crippen LogP contribution is 2.36. The van der Waals surface area contributed by atoms with Gasteiger partial charge in [0.2, 0.25) is 6.79 Å². The third-order valence-corrected chi connectivity index (χ3v) is 7.56. The zero-order chi connectivity index (χ0) is 29.3. The Kier molecular flexibility index (Phi) is 8.18. The molecule has 0 spiro atoms. The summed E-state index contributed by atoms with van der Waals surface area (Å²) in [6.45, 7) is 7.34. The third kappa shape index (κ3) is 6.01. The fourth-order valence-electron chi connectivity index (χ4n) is 5.29. The molecule has 2 aromatic carbocycles. The molecule has 11 heteroatoms. The number of amides is 2. The number of aliphatic hydroxyl groups excluding tert-OH is 1. The summed E-state index contributed by atoms with van der Waals surface area (Å²) >= 11 is 0. The standard InChI is InChI=1S/C30H37N5O6/c1-18-13-35(20(3)16-36)30(38)22-7-6-8-23(31-29(37)24-11-19(2)32-34(24)5)28(22)41-27(18)15-33(4)14-21-9-10-25-26(12-21)40-17-39-25/h6-12,18,20,27,36H,13-17H2,1-5H3,(H,31,37)/t18-,20+,27+/m0/s1. The molecule has 11 nitrogen and oxygen atoms in total. The molecule has 2 aliphatic heterocycles. The number of hydrogen-bond acceptors (Lipinski definition) is 8. The van der Waals surface area contributed by atoms with Gasteiger partial charge in [-0.1, -0.05) is 19.1 Å². The Hall–Kier alpha value is -4.09. The van der Waals surface area contributed by atoms with Crippen LogP contribution in [0.25, 0.3) is 0 Å². The second kappa shape index (κ2) is 11.8. The topological polar surface area (TPSA) is 118 Å². The maximum atomic E-state index is 13.7. The summed E-state index contributed by atoms with van der Waals surface area (Å²) in [6.07, 6.45) is -0.328. The molecule has 0 saturated carbocycles. The number of ether oxygens (including phenoxy) is 3. The van der Waals surface area contributed by atoms with E-state index in [1.807, 2.05) is 46.0 Å². The van der Waals surface area contributed by atoms with E-state index in [0.717, 1.165) is 22.8 Å². The minimum Gasteiger partial charge on any atom is -0.486 e. The monoisotopic (exact) mass is 563 g/mol. The molecule has 218 valence electrons. The van der Waals surface area contributed by atoms with Gasteiger partial charge in [0.05, 0.1) is 29.6 Å². The molecule has 2 aliphatic rings. The number of carbonyl (C=O) groups excluding carboxylic acids is 2. The number of nitrogens with one attached hydrogen (secondary N) is 1. The van der Waals surface area contributed by atoms with Gasteiger partial charge in [0.25, 0.3) is 11.8 Å². The van der Waals surface area contributed by atoms with Crippen molar-refractivity contribution < 1.29 is 28.9 Å². The van der Waals surface area contributed by atoms with E-state index in [2.05, 4.69) is 15.3 Å². The lowest BCUT2D eigenvalue weighted by atomic mass is 9.98. The van der Waals surface area contributed by atoms with Gasteiger partial charge in [0.1, 0.15) is 11.8 Å². The van der Waals surface area contributed by atoms with E-state index in [9.17, 15) is 14.7 Å². The molecule has 0 saturated heterocycles. The molecule has 3 heterocycles. The van der Waals surface area contributed by atoms with Crippen LogP contribution in [0.3, 0.4) is 0 Å². The summed E-state index contributed by atoms with van der Waals surface area (Å²) in [5.41, 5.74) is 2.91. The number of fused-ring (bicyclic) bond motifs is 2. The van der Waals surface area contributed by atoms with E-state index >= 15 is 0 Å². The lowest BCUT2D eigenvalue weighted by molar-refractivity contribution is 0.0343. The molecular formula is C30H37N5O6. The second-order valence-electron chi connectivity index (χ2n) is 10.9. The Morgan fingerprint density at radius 2 is 2.00 bits per heavy atom. The molecule has 0 aliphatic carbocycles. The molecule has 41 heavy (non-hydrogen) atoms. The average Bonchev–Trinajstić information content (AvgIpc) is 3.55. The number of benzene rings is 2. The number of aliphatic hydroxyl groups is 1. The molecule has 2 amide bonds. The Balaban J connectivity index is 1.44. The SMILES string of the molecule is Cc1cc(C(=O)Nc2cccc3c2O[C@H](CN(C)Cc2ccc4c(c2)OCO4)[C@@H](C)CN([C@H](C)CO)C3=O)n(C)n1. The predicted molar refractivity (Wildman–Crippen MR) is 152 cm³/mol. The van der Waals surface area contributed by atoms with Gasteiger partial charge in [-0.15, -0.1) is 0 Å². The van der Waals surface area contributed by atoms with E-state index in [1.165, 1.54) is 4.68 Å². The maximum Gasteiger partial charge on any atom is 0.274 e. The smallest absolute Gasteiger partial charge is 0.274 e. The van der Waals surface area contributed by atoms with E-state index < -0.39 is 6.04 Å². The van der Waals surface area contributed by atoms with Crippen molar-refractivity contribution in [2.75, 3.05) is 38.9 Å². The zero-order valence-electron chi connectivity index (χ0n) is 24.1. The van der Waals surface area contributed by atoms with Crippen molar-refractivity contribution in [2.24, 2.45) is 13.0 Å². The number of hydrogen-bond donors (Lipinski definition) is 2. The van der Waals surface area contributed by atoms with Crippen LogP contribution in [0.2, 0.25) is 0 Å². The minimum absolute atomic E-state index is 0.0798. The zero-order valence-corrected chi connectivity index (χ0v) is 24.1. The van der Waals surface area contributed by atoms with E-state index in [1.54, 1.807) is 36.2 Å². The van der Waals surface area contributed by atoms with Crippen molar-refractivity contribution in [1.29, 1.82) is 0 Å². The molecule has 0 bridgehead atoms. The van der Waals surface area contributed by atoms with Crippen LogP contribution < -0.4 is 19.5 Å². The molecule has 0 fully saturated rings. The number of aryl methyl sites for hydroxylation is 2. The summed E-state index contributed by atoms with van der Waals surface area (Å²) in [7, 11) is 3.72. The lowest BCUT2D eigenvalue weighted by Gasteiger charge is -2.38. The van der Waals surface area contributed by atoms with Crippen LogP contribution in [0.5, 0.6) is 17.2 Å². The number of aromatic nitrogens is 2. The van der Waals surface area contributed by atoms with Crippen molar-refractivity contribution in [3.63, 3.8) is 0 Å². The molecule has 5 rings (SSSR count). The van der Waals surface area contributed by atoms with Crippen molar-refractivity contribution in [1.82, 2.24) is 19.6 Å². The van der Waals surface area contributed by atoms with Crippen LogP contribution in [-0.2, 0) is 13.6 Å². The van der Waals surface area contributed by atoms with Gasteiger partial charge >= 0.3 is 0 Å². The van der Waals surface area contributed by atoms with Crippen molar-refractivity contribution in [3.05, 3.63) is 65.0 Å². The number of para-hydroxylation sites is 1. The van der Waals surface area contributed by atoms with Gasteiger partial charge in [0, 0.05) is 32.6 Å². The average molecular weight is 564 g/mol. The molecule has 3 aromatic rings. The summed E-state index contributed by atoms with van der Waals surface area (Å²) < 4.78 is 19.1. The normalized spacial score (nSPS) is 18.9. The number of anilines is 1. The quantitative estimate of drug-likeness (QED) is 0.430. The number of carbonyl (C=O) groups is 2. The van der Waals surface area contributed by atoms with E-state index in [4.69, 9.17) is 14.2 Å². The van der Waals surface area contributed by atoms with Crippen LogP contribution in [0.4, 0.5) is 5.69 Å². The Labute approximate surface area is 239 Å². The number of nitrogens with zero attached hydrogens (tertiary/aromatic N) is 4. The maximum absolute atomic E-state index is 13.7. The van der Waals surface area contributed by atoms with Crippen molar-refractivity contribution >= 4 is 17.5 Å². The predicted octanol–water partition coefficient (Wildman–Crippen LogP) is 3.06. The van der Waals surface area contributed by atoms with Crippen molar-refractivity contribution in [2.45, 2.75) is 39.5 Å². The van der Waals surface area contributed by atoms with Crippen LogP contribution in [0.1, 0.15) is 46.0 Å². The first-order chi connectivity index (χ1) is 19.6. The van der Waals surface area contributed by atoms with Gasteiger partial charge in [-0.2, -0.15) is 5.10 Å². The molecule has 0 unspecified atom stereocenters. The van der Waals surface area contributed by atoms with Crippen LogP contribution in [-0.4, -0.2) is 82.2 Å². The highest BCUT2D eigenvalue weighted by molar-refractivity contribution is 6.06. The fourth-order valence-corrected chi connectivity index (χ4v) is 5.29. The summed E-state index contributed by atoms with van der Waals surface area (Å²) in [6, 6.07) is 12.4. The first-order valence-corrected chi connectivity index (χ1v) is 13.7. The molecular weight excluding hydrogens is 526 g/mol. The first-order valence-electron chi connectivity index (χ1n) is 13.7. The summed E-state index contributed by atoms with van der Waals surface area (Å²) in [5.74, 6) is 1.09. The van der Waals surface area contributed by atoms with Crippen LogP contribution in [0, 0.1) is 12.8 Å². The van der Waals surface area contributed by atoms with Gasteiger partial charge in [-0.3, -0.25) is 19.2 Å². The Morgan fingerprint density at radius 1 is 1.22 bits per heavy atom. The van der Waals surface area contributed by atoms with E-state index in [0.29, 0.717) is 42.3 Å². The summed E-state index contributed by atoms with van der Waals surface area (Å²) in [5, 5.41) is 17.2. The third-order valence-electron chi connectivity index (χ3n) is 7.56. The first kappa shape index (κ1) is 28.4. The molecule has 2 N–H and O–H groups in total. The van der Waals surface area contributed by atoms with E-state index in [-0.39, 0.29) is 37.2 Å². The lowest BCUT2D eigenvalue weighted by Crippen LogP contribution is -2.49. The molecule has 3 atom stereocenters. The largest absolute Gasteiger partial charge is 0.486 e. The number of likely N-dealkylation sites (N-methyl/N-ethyl adjacent to an activating group) is 1. The van der Waals surface area contributed by atoms with Crippen LogP contribution >= 0.6 is 0 Å². The molecule has 0 radical (unpaired) electrons. The van der Waals surface area contributed by atoms with Gasteiger partial charge < -0.3 is 29.5 Å². The Morgan fingerprint density at radius 3 is 2.73 bits per heavy atom.